The van der Waals surface area contributed by atoms with Crippen LogP contribution >= 0.6 is 0 Å². The average molecular weight is 373 g/mol. The van der Waals surface area contributed by atoms with Crippen LogP contribution < -0.4 is 11.1 Å². The van der Waals surface area contributed by atoms with Gasteiger partial charge in [0.1, 0.15) is 0 Å². The Hall–Kier alpha value is -1.88. The molecule has 0 radical (unpaired) electrons. The van der Waals surface area contributed by atoms with Crippen LogP contribution in [0.4, 0.5) is 0 Å². The van der Waals surface area contributed by atoms with Gasteiger partial charge in [-0.1, -0.05) is 6.07 Å². The first-order chi connectivity index (χ1) is 13.1. The van der Waals surface area contributed by atoms with E-state index in [2.05, 4.69) is 17.4 Å². The van der Waals surface area contributed by atoms with E-state index < -0.39 is 0 Å². The van der Waals surface area contributed by atoms with Crippen LogP contribution in [0.3, 0.4) is 0 Å². The Kier molecular flexibility index (Phi) is 6.89. The van der Waals surface area contributed by atoms with Gasteiger partial charge in [0.15, 0.2) is 0 Å². The lowest BCUT2D eigenvalue weighted by atomic mass is 9.82. The van der Waals surface area contributed by atoms with Crippen LogP contribution in [0, 0.1) is 11.8 Å². The van der Waals surface area contributed by atoms with E-state index in [1.54, 1.807) is 0 Å². The third-order valence-electron chi connectivity index (χ3n) is 6.30. The van der Waals surface area contributed by atoms with Gasteiger partial charge in [0.2, 0.25) is 0 Å². The lowest BCUT2D eigenvalue weighted by Crippen LogP contribution is -2.37. The molecule has 1 fully saturated rings. The van der Waals surface area contributed by atoms with Crippen molar-refractivity contribution in [1.29, 1.82) is 0 Å². The fraction of sp³-hybridized carbons (Fsp3) is 0.636. The van der Waals surface area contributed by atoms with Crippen LogP contribution in [0.2, 0.25) is 0 Å². The topological polar surface area (TPSA) is 81.4 Å². The van der Waals surface area contributed by atoms with Crippen molar-refractivity contribution >= 4 is 11.9 Å². The molecule has 1 unspecified atom stereocenters. The Morgan fingerprint density at radius 3 is 2.59 bits per heavy atom. The minimum absolute atomic E-state index is 0.0387. The molecule has 1 saturated carbocycles. The highest BCUT2D eigenvalue weighted by Gasteiger charge is 2.24. The molecule has 1 atom stereocenters. The third-order valence-corrected chi connectivity index (χ3v) is 6.30. The highest BCUT2D eigenvalue weighted by molar-refractivity contribution is 5.94. The minimum atomic E-state index is -0.129. The van der Waals surface area contributed by atoms with E-state index in [4.69, 9.17) is 10.5 Å². The van der Waals surface area contributed by atoms with Crippen molar-refractivity contribution in [3.05, 3.63) is 34.9 Å². The third kappa shape index (κ3) is 5.32. The molecule has 148 valence electrons. The summed E-state index contributed by atoms with van der Waals surface area (Å²) in [4.78, 5) is 23.9. The predicted molar refractivity (Wildman–Crippen MR) is 105 cm³/mol. The molecule has 1 aromatic carbocycles. The van der Waals surface area contributed by atoms with Gasteiger partial charge in [0.05, 0.1) is 7.11 Å². The quantitative estimate of drug-likeness (QED) is 0.752. The van der Waals surface area contributed by atoms with Crippen LogP contribution in [0.15, 0.2) is 18.2 Å². The average Bonchev–Trinajstić information content (AvgIpc) is 2.72. The van der Waals surface area contributed by atoms with Crippen molar-refractivity contribution in [2.24, 2.45) is 17.6 Å². The smallest absolute Gasteiger partial charge is 0.305 e. The van der Waals surface area contributed by atoms with Gasteiger partial charge in [-0.15, -0.1) is 0 Å². The van der Waals surface area contributed by atoms with E-state index in [0.29, 0.717) is 18.3 Å². The second-order valence-electron chi connectivity index (χ2n) is 8.13. The minimum Gasteiger partial charge on any atom is -0.469 e. The van der Waals surface area contributed by atoms with E-state index in [1.165, 1.54) is 18.2 Å². The van der Waals surface area contributed by atoms with Gasteiger partial charge in [-0.2, -0.15) is 0 Å². The zero-order valence-electron chi connectivity index (χ0n) is 16.3. The number of esters is 1. The van der Waals surface area contributed by atoms with Gasteiger partial charge in [0, 0.05) is 18.0 Å². The summed E-state index contributed by atoms with van der Waals surface area (Å²) in [5.74, 6) is 1.05. The molecule has 1 aromatic rings. The summed E-state index contributed by atoms with van der Waals surface area (Å²) >= 11 is 0. The zero-order valence-corrected chi connectivity index (χ0v) is 16.3. The van der Waals surface area contributed by atoms with E-state index in [9.17, 15) is 9.59 Å². The van der Waals surface area contributed by atoms with Crippen LogP contribution in [0.5, 0.6) is 0 Å². The lowest BCUT2D eigenvalue weighted by Gasteiger charge is -2.29. The standard InChI is InChI=1S/C22H32N2O3/c1-27-21(25)11-5-15-3-9-20(10-4-15)24-22(26)19-8-7-17-12-16(14-23)2-6-18(17)13-19/h7-8,13,15-16,20H,2-6,9-12,14,23H2,1H3,(H,24,26). The molecule has 27 heavy (non-hydrogen) atoms. The van der Waals surface area contributed by atoms with Crippen LogP contribution in [0.1, 0.15) is 66.4 Å². The molecule has 0 aromatic heterocycles. The number of aryl methyl sites for hydroxylation is 1. The van der Waals surface area contributed by atoms with Crippen molar-refractivity contribution < 1.29 is 14.3 Å². The molecular weight excluding hydrogens is 340 g/mol. The molecule has 0 bridgehead atoms. The molecule has 2 aliphatic carbocycles. The number of hydrogen-bond donors (Lipinski definition) is 2. The fourth-order valence-corrected chi connectivity index (χ4v) is 4.46. The van der Waals surface area contributed by atoms with Crippen molar-refractivity contribution in [3.63, 3.8) is 0 Å². The largest absolute Gasteiger partial charge is 0.469 e. The van der Waals surface area contributed by atoms with Crippen molar-refractivity contribution in [2.45, 2.75) is 63.8 Å². The SMILES string of the molecule is COC(=O)CCC1CCC(NC(=O)c2ccc3c(c2)CCC(CN)C3)CC1. The van der Waals surface area contributed by atoms with Crippen molar-refractivity contribution in [3.8, 4) is 0 Å². The second kappa shape index (κ2) is 9.36. The Bertz CT molecular complexity index is 666. The number of nitrogens with two attached hydrogens (primary N) is 1. The summed E-state index contributed by atoms with van der Waals surface area (Å²) in [5.41, 5.74) is 9.23. The number of benzene rings is 1. The summed E-state index contributed by atoms with van der Waals surface area (Å²) in [6.07, 6.45) is 8.65. The number of nitrogens with one attached hydrogen (secondary N) is 1. The van der Waals surface area contributed by atoms with Crippen LogP contribution in [0.25, 0.3) is 0 Å². The first-order valence-electron chi connectivity index (χ1n) is 10.3. The molecule has 0 saturated heterocycles. The van der Waals surface area contributed by atoms with Crippen LogP contribution in [-0.2, 0) is 22.4 Å². The number of fused-ring (bicyclic) bond motifs is 1. The lowest BCUT2D eigenvalue weighted by molar-refractivity contribution is -0.141. The number of methoxy groups -OCH3 is 1. The maximum atomic E-state index is 12.7. The molecule has 0 spiro atoms. The van der Waals surface area contributed by atoms with Gasteiger partial charge < -0.3 is 15.8 Å². The van der Waals surface area contributed by atoms with Gasteiger partial charge in [0.25, 0.3) is 5.91 Å². The summed E-state index contributed by atoms with van der Waals surface area (Å²) in [5, 5.41) is 3.21. The monoisotopic (exact) mass is 372 g/mol. The number of hydrogen-bond acceptors (Lipinski definition) is 4. The zero-order chi connectivity index (χ0) is 19.2. The Balaban J connectivity index is 1.48. The van der Waals surface area contributed by atoms with Gasteiger partial charge in [-0.25, -0.2) is 0 Å². The maximum absolute atomic E-state index is 12.7. The van der Waals surface area contributed by atoms with Gasteiger partial charge in [-0.3, -0.25) is 9.59 Å². The van der Waals surface area contributed by atoms with Gasteiger partial charge >= 0.3 is 5.97 Å². The highest BCUT2D eigenvalue weighted by atomic mass is 16.5. The van der Waals surface area contributed by atoms with E-state index >= 15 is 0 Å². The highest BCUT2D eigenvalue weighted by Crippen LogP contribution is 2.29. The first-order valence-corrected chi connectivity index (χ1v) is 10.3. The predicted octanol–water partition coefficient (Wildman–Crippen LogP) is 2.99. The number of ether oxygens (including phenoxy) is 1. The number of amides is 1. The molecule has 5 heteroatoms. The molecule has 2 aliphatic rings. The van der Waals surface area contributed by atoms with Crippen LogP contribution in [-0.4, -0.2) is 31.6 Å². The van der Waals surface area contributed by atoms with E-state index in [-0.39, 0.29) is 17.9 Å². The molecule has 3 rings (SSSR count). The number of carbonyl (C=O) groups is 2. The number of carbonyl (C=O) groups excluding carboxylic acids is 2. The second-order valence-corrected chi connectivity index (χ2v) is 8.13. The summed E-state index contributed by atoms with van der Waals surface area (Å²) < 4.78 is 4.71. The van der Waals surface area contributed by atoms with E-state index in [1.807, 2.05) is 6.07 Å². The normalized spacial score (nSPS) is 24.7. The Morgan fingerprint density at radius 1 is 1.11 bits per heavy atom. The Labute approximate surface area is 162 Å². The summed E-state index contributed by atoms with van der Waals surface area (Å²) in [7, 11) is 1.44. The number of rotatable bonds is 6. The summed E-state index contributed by atoms with van der Waals surface area (Å²) in [6, 6.07) is 6.37. The maximum Gasteiger partial charge on any atom is 0.305 e. The van der Waals surface area contributed by atoms with E-state index in [0.717, 1.165) is 63.5 Å². The molecule has 5 nitrogen and oxygen atoms in total. The molecule has 0 heterocycles. The first kappa shape index (κ1) is 19.9. The molecule has 3 N–H and O–H groups in total. The molecular formula is C22H32N2O3. The van der Waals surface area contributed by atoms with Crippen molar-refractivity contribution in [1.82, 2.24) is 5.32 Å². The molecule has 0 aliphatic heterocycles. The fourth-order valence-electron chi connectivity index (χ4n) is 4.46. The molecule has 1 amide bonds. The van der Waals surface area contributed by atoms with Crippen molar-refractivity contribution in [2.75, 3.05) is 13.7 Å². The van der Waals surface area contributed by atoms with Gasteiger partial charge in [-0.05, 0) is 93.0 Å². The Morgan fingerprint density at radius 2 is 1.89 bits per heavy atom. The summed E-state index contributed by atoms with van der Waals surface area (Å²) in [6.45, 7) is 0.740.